The van der Waals surface area contributed by atoms with Crippen LogP contribution in [0.1, 0.15) is 35.2 Å². The summed E-state index contributed by atoms with van der Waals surface area (Å²) in [5.41, 5.74) is 1.66. The number of nitrogens with zero attached hydrogens (tertiary/aromatic N) is 1. The summed E-state index contributed by atoms with van der Waals surface area (Å²) >= 11 is 0. The Kier molecular flexibility index (Phi) is 4.15. The number of carbonyl (C=O) groups excluding carboxylic acids is 1. The van der Waals surface area contributed by atoms with Gasteiger partial charge in [-0.15, -0.1) is 0 Å². The van der Waals surface area contributed by atoms with Crippen LogP contribution in [0, 0.1) is 18.8 Å². The van der Waals surface area contributed by atoms with E-state index in [-0.39, 0.29) is 17.6 Å². The van der Waals surface area contributed by atoms with Gasteiger partial charge in [-0.25, -0.2) is 8.42 Å². The molecule has 0 radical (unpaired) electrons. The van der Waals surface area contributed by atoms with Crippen molar-refractivity contribution in [2.45, 2.75) is 30.9 Å². The predicted octanol–water partition coefficient (Wildman–Crippen LogP) is 2.05. The highest BCUT2D eigenvalue weighted by molar-refractivity contribution is 7.93. The van der Waals surface area contributed by atoms with Crippen LogP contribution in [0.15, 0.2) is 24.3 Å². The molecule has 1 aliphatic carbocycles. The van der Waals surface area contributed by atoms with Gasteiger partial charge in [0.25, 0.3) is 5.91 Å². The van der Waals surface area contributed by atoms with Crippen LogP contribution >= 0.6 is 0 Å². The van der Waals surface area contributed by atoms with Crippen molar-refractivity contribution in [3.05, 3.63) is 35.4 Å². The fraction of sp³-hybridized carbons (Fsp3) is 0.632. The lowest BCUT2D eigenvalue weighted by molar-refractivity contribution is 0.0228. The van der Waals surface area contributed by atoms with E-state index in [0.29, 0.717) is 37.6 Å². The lowest BCUT2D eigenvalue weighted by Gasteiger charge is -2.49. The van der Waals surface area contributed by atoms with E-state index >= 15 is 0 Å². The molecule has 3 aliphatic rings. The molecule has 1 spiro atoms. The summed E-state index contributed by atoms with van der Waals surface area (Å²) < 4.78 is 30.3. The zero-order chi connectivity index (χ0) is 17.7. The van der Waals surface area contributed by atoms with Crippen LogP contribution in [-0.2, 0) is 14.6 Å². The van der Waals surface area contributed by atoms with E-state index in [9.17, 15) is 13.2 Å². The Bertz CT molecular complexity index is 778. The van der Waals surface area contributed by atoms with Crippen LogP contribution in [0.2, 0.25) is 0 Å². The largest absolute Gasteiger partial charge is 0.381 e. The number of carbonyl (C=O) groups is 1. The van der Waals surface area contributed by atoms with Crippen molar-refractivity contribution < 1.29 is 17.9 Å². The second kappa shape index (κ2) is 6.09. The van der Waals surface area contributed by atoms with Gasteiger partial charge in [0.2, 0.25) is 0 Å². The Hall–Kier alpha value is -1.40. The molecule has 1 saturated carbocycles. The van der Waals surface area contributed by atoms with E-state index < -0.39 is 14.6 Å². The minimum atomic E-state index is -3.16. The van der Waals surface area contributed by atoms with Gasteiger partial charge in [-0.3, -0.25) is 4.79 Å². The third-order valence-corrected chi connectivity index (χ3v) is 8.54. The first kappa shape index (κ1) is 17.0. The van der Waals surface area contributed by atoms with E-state index in [1.54, 1.807) is 11.0 Å². The summed E-state index contributed by atoms with van der Waals surface area (Å²) in [6, 6.07) is 7.45. The van der Waals surface area contributed by atoms with E-state index in [4.69, 9.17) is 4.74 Å². The molecule has 0 N–H and O–H groups in total. The number of likely N-dealkylation sites (tertiary alicyclic amines) is 1. The molecule has 2 aliphatic heterocycles. The maximum atomic E-state index is 12.7. The maximum absolute atomic E-state index is 12.7. The van der Waals surface area contributed by atoms with Gasteiger partial charge in [0.15, 0.2) is 9.84 Å². The molecule has 1 amide bonds. The summed E-state index contributed by atoms with van der Waals surface area (Å²) in [7, 11) is -3.16. The van der Waals surface area contributed by atoms with Crippen molar-refractivity contribution in [3.8, 4) is 0 Å². The molecule has 6 heteroatoms. The van der Waals surface area contributed by atoms with Gasteiger partial charge in [-0.05, 0) is 44.2 Å². The zero-order valence-electron chi connectivity index (χ0n) is 14.6. The number of hydrogen-bond donors (Lipinski definition) is 0. The summed E-state index contributed by atoms with van der Waals surface area (Å²) in [6.07, 6.45) is 3.11. The normalized spacial score (nSPS) is 26.6. The molecule has 2 saturated heterocycles. The van der Waals surface area contributed by atoms with Crippen LogP contribution in [0.4, 0.5) is 0 Å². The number of ether oxygens (including phenoxy) is 1. The van der Waals surface area contributed by atoms with Gasteiger partial charge in [0.05, 0.1) is 12.4 Å². The molecule has 3 fully saturated rings. The number of benzene rings is 1. The lowest BCUT2D eigenvalue weighted by Crippen LogP contribution is -2.68. The molecule has 5 nitrogen and oxygen atoms in total. The summed E-state index contributed by atoms with van der Waals surface area (Å²) in [5, 5.41) is 0. The maximum Gasteiger partial charge on any atom is 0.253 e. The monoisotopic (exact) mass is 363 g/mol. The first-order chi connectivity index (χ1) is 11.9. The molecule has 1 unspecified atom stereocenters. The van der Waals surface area contributed by atoms with Gasteiger partial charge in [0, 0.05) is 31.2 Å². The predicted molar refractivity (Wildman–Crippen MR) is 95.3 cm³/mol. The molecule has 0 aromatic heterocycles. The third-order valence-electron chi connectivity index (χ3n) is 5.94. The number of hydrogen-bond acceptors (Lipinski definition) is 4. The topological polar surface area (TPSA) is 63.7 Å². The van der Waals surface area contributed by atoms with Crippen molar-refractivity contribution >= 4 is 15.7 Å². The molecule has 1 aromatic carbocycles. The number of rotatable bonds is 5. The SMILES string of the molecule is Cc1cccc(C(=O)N2CC3(C2)C(COCC2CC2)CCS3(=O)=O)c1. The Labute approximate surface area is 149 Å². The zero-order valence-corrected chi connectivity index (χ0v) is 15.4. The molecular formula is C19H25NO4S. The van der Waals surface area contributed by atoms with Gasteiger partial charge in [-0.2, -0.15) is 0 Å². The fourth-order valence-corrected chi connectivity index (χ4v) is 6.47. The van der Waals surface area contributed by atoms with Crippen LogP contribution in [0.5, 0.6) is 0 Å². The highest BCUT2D eigenvalue weighted by Crippen LogP contribution is 2.45. The van der Waals surface area contributed by atoms with Gasteiger partial charge < -0.3 is 9.64 Å². The lowest BCUT2D eigenvalue weighted by atomic mass is 9.83. The van der Waals surface area contributed by atoms with Gasteiger partial charge >= 0.3 is 0 Å². The highest BCUT2D eigenvalue weighted by Gasteiger charge is 2.62. The summed E-state index contributed by atoms with van der Waals surface area (Å²) in [5.74, 6) is 0.832. The van der Waals surface area contributed by atoms with Crippen LogP contribution in [0.25, 0.3) is 0 Å². The second-order valence-electron chi connectivity index (χ2n) is 7.88. The third kappa shape index (κ3) is 2.99. The Morgan fingerprint density at radius 2 is 2.00 bits per heavy atom. The Morgan fingerprint density at radius 1 is 1.24 bits per heavy atom. The minimum absolute atomic E-state index is 0.0119. The van der Waals surface area contributed by atoms with Gasteiger partial charge in [-0.1, -0.05) is 17.7 Å². The van der Waals surface area contributed by atoms with E-state index in [1.165, 1.54) is 12.8 Å². The smallest absolute Gasteiger partial charge is 0.253 e. The first-order valence-electron chi connectivity index (χ1n) is 9.07. The molecule has 0 bridgehead atoms. The van der Waals surface area contributed by atoms with Crippen LogP contribution in [-0.4, -0.2) is 56.0 Å². The molecular weight excluding hydrogens is 338 g/mol. The number of aryl methyl sites for hydroxylation is 1. The van der Waals surface area contributed by atoms with Crippen molar-refractivity contribution in [2.75, 3.05) is 32.1 Å². The number of amides is 1. The average Bonchev–Trinajstić information content (AvgIpc) is 3.30. The van der Waals surface area contributed by atoms with E-state index in [1.807, 2.05) is 25.1 Å². The summed E-state index contributed by atoms with van der Waals surface area (Å²) in [4.78, 5) is 14.3. The average molecular weight is 363 g/mol. The first-order valence-corrected chi connectivity index (χ1v) is 10.7. The van der Waals surface area contributed by atoms with E-state index in [0.717, 1.165) is 12.2 Å². The van der Waals surface area contributed by atoms with E-state index in [2.05, 4.69) is 0 Å². The van der Waals surface area contributed by atoms with Crippen LogP contribution < -0.4 is 0 Å². The van der Waals surface area contributed by atoms with Gasteiger partial charge in [0.1, 0.15) is 4.75 Å². The van der Waals surface area contributed by atoms with Crippen molar-refractivity contribution in [1.82, 2.24) is 4.90 Å². The molecule has 25 heavy (non-hydrogen) atoms. The highest BCUT2D eigenvalue weighted by atomic mass is 32.2. The van der Waals surface area contributed by atoms with Crippen molar-refractivity contribution in [1.29, 1.82) is 0 Å². The molecule has 1 aromatic rings. The molecule has 2 heterocycles. The molecule has 136 valence electrons. The molecule has 4 rings (SSSR count). The second-order valence-corrected chi connectivity index (χ2v) is 10.3. The quantitative estimate of drug-likeness (QED) is 0.803. The Balaban J connectivity index is 1.44. The fourth-order valence-electron chi connectivity index (χ4n) is 4.07. The van der Waals surface area contributed by atoms with Crippen LogP contribution in [0.3, 0.4) is 0 Å². The number of sulfone groups is 1. The minimum Gasteiger partial charge on any atom is -0.381 e. The standard InChI is InChI=1S/C19H25NO4S/c1-14-3-2-4-16(9-14)18(21)20-12-19(13-20)17(7-8-25(19,22)23)11-24-10-15-5-6-15/h2-4,9,15,17H,5-8,10-13H2,1H3. The Morgan fingerprint density at radius 3 is 2.68 bits per heavy atom. The van der Waals surface area contributed by atoms with Crippen molar-refractivity contribution in [3.63, 3.8) is 0 Å². The van der Waals surface area contributed by atoms with Crippen molar-refractivity contribution in [2.24, 2.45) is 11.8 Å². The summed E-state index contributed by atoms with van der Waals surface area (Å²) in [6.45, 7) is 3.81. The molecule has 1 atom stereocenters.